The van der Waals surface area contributed by atoms with E-state index in [2.05, 4.69) is 6.07 Å². The lowest BCUT2D eigenvalue weighted by molar-refractivity contribution is -0.385. The lowest BCUT2D eigenvalue weighted by Crippen LogP contribution is -1.93. The van der Waals surface area contributed by atoms with Gasteiger partial charge in [-0.15, -0.1) is 0 Å². The lowest BCUT2D eigenvalue weighted by atomic mass is 10.1. The topological polar surface area (TPSA) is 43.1 Å². The predicted octanol–water partition coefficient (Wildman–Crippen LogP) is 2.27. The third kappa shape index (κ3) is 1.18. The van der Waals surface area contributed by atoms with Crippen molar-refractivity contribution in [3.8, 4) is 0 Å². The lowest BCUT2D eigenvalue weighted by Gasteiger charge is -1.97. The zero-order valence-corrected chi connectivity index (χ0v) is 6.49. The van der Waals surface area contributed by atoms with Crippen molar-refractivity contribution in [1.82, 2.24) is 0 Å². The molecule has 0 N–H and O–H groups in total. The Bertz CT molecular complexity index is 318. The highest BCUT2D eigenvalue weighted by molar-refractivity contribution is 5.43. The van der Waals surface area contributed by atoms with Crippen LogP contribution in [0.3, 0.4) is 0 Å². The van der Waals surface area contributed by atoms with Crippen LogP contribution in [0.25, 0.3) is 0 Å². The molecule has 3 heteroatoms. The van der Waals surface area contributed by atoms with Gasteiger partial charge in [0.05, 0.1) is 11.0 Å². The number of nitrogens with zero attached hydrogens (tertiary/aromatic N) is 1. The summed E-state index contributed by atoms with van der Waals surface area (Å²) in [6.07, 6.45) is 2.16. The Morgan fingerprint density at radius 3 is 2.92 bits per heavy atom. The van der Waals surface area contributed by atoms with Crippen LogP contribution in [-0.2, 0) is 0 Å². The second-order valence-electron chi connectivity index (χ2n) is 3.01. The van der Waals surface area contributed by atoms with Crippen molar-refractivity contribution in [2.24, 2.45) is 0 Å². The first-order chi connectivity index (χ1) is 5.79. The molecule has 0 aromatic heterocycles. The Labute approximate surface area is 70.2 Å². The van der Waals surface area contributed by atoms with Crippen LogP contribution in [0.1, 0.15) is 24.3 Å². The zero-order chi connectivity index (χ0) is 8.55. The van der Waals surface area contributed by atoms with Gasteiger partial charge < -0.3 is 0 Å². The molecule has 1 saturated carbocycles. The van der Waals surface area contributed by atoms with Crippen molar-refractivity contribution in [1.29, 1.82) is 0 Å². The van der Waals surface area contributed by atoms with E-state index in [1.165, 1.54) is 0 Å². The minimum Gasteiger partial charge on any atom is -0.258 e. The summed E-state index contributed by atoms with van der Waals surface area (Å²) in [6.45, 7) is 0. The van der Waals surface area contributed by atoms with Crippen LogP contribution in [-0.4, -0.2) is 4.92 Å². The molecule has 12 heavy (non-hydrogen) atoms. The SMILES string of the molecule is O=[N+]([O-])c1[c]cccc1C1CC1. The van der Waals surface area contributed by atoms with Gasteiger partial charge in [-0.2, -0.15) is 0 Å². The first-order valence-corrected chi connectivity index (χ1v) is 3.94. The fraction of sp³-hybridized carbons (Fsp3) is 0.333. The maximum absolute atomic E-state index is 10.5. The number of hydrogen-bond donors (Lipinski definition) is 0. The van der Waals surface area contributed by atoms with Gasteiger partial charge in [0, 0.05) is 5.56 Å². The Balaban J connectivity index is 2.43. The smallest absolute Gasteiger partial charge is 0.258 e. The molecule has 0 unspecified atom stereocenters. The largest absolute Gasteiger partial charge is 0.280 e. The summed E-state index contributed by atoms with van der Waals surface area (Å²) in [6, 6.07) is 7.88. The first-order valence-electron chi connectivity index (χ1n) is 3.94. The molecule has 0 bridgehead atoms. The second kappa shape index (κ2) is 2.59. The molecule has 0 atom stereocenters. The average molecular weight is 162 g/mol. The van der Waals surface area contributed by atoms with E-state index in [0.717, 1.165) is 18.4 Å². The molecule has 1 aromatic carbocycles. The molecular formula is C9H8NO2. The van der Waals surface area contributed by atoms with Crippen molar-refractivity contribution in [2.75, 3.05) is 0 Å². The average Bonchev–Trinajstić information content (AvgIpc) is 2.87. The minimum absolute atomic E-state index is 0.153. The highest BCUT2D eigenvalue weighted by Gasteiger charge is 2.29. The number of para-hydroxylation sites is 1. The molecule has 0 heterocycles. The van der Waals surface area contributed by atoms with Crippen LogP contribution in [0.5, 0.6) is 0 Å². The van der Waals surface area contributed by atoms with Gasteiger partial charge in [0.25, 0.3) is 5.69 Å². The van der Waals surface area contributed by atoms with Crippen molar-refractivity contribution in [3.63, 3.8) is 0 Å². The second-order valence-corrected chi connectivity index (χ2v) is 3.01. The number of hydrogen-bond acceptors (Lipinski definition) is 2. The molecule has 1 fully saturated rings. The Hall–Kier alpha value is -1.38. The van der Waals surface area contributed by atoms with Gasteiger partial charge in [-0.05, 0) is 24.8 Å². The van der Waals surface area contributed by atoms with Crippen LogP contribution in [0.2, 0.25) is 0 Å². The summed E-state index contributed by atoms with van der Waals surface area (Å²) >= 11 is 0. The molecule has 0 saturated heterocycles. The van der Waals surface area contributed by atoms with Gasteiger partial charge in [-0.3, -0.25) is 10.1 Å². The third-order valence-corrected chi connectivity index (χ3v) is 2.07. The molecule has 0 amide bonds. The maximum Gasteiger partial charge on any atom is 0.280 e. The Kier molecular flexibility index (Phi) is 1.57. The highest BCUT2D eigenvalue weighted by Crippen LogP contribution is 2.43. The fourth-order valence-electron chi connectivity index (χ4n) is 1.32. The monoisotopic (exact) mass is 162 g/mol. The molecule has 2 rings (SSSR count). The standard InChI is InChI=1S/C9H8NO2/c11-10(12)9-4-2-1-3-8(9)7-5-6-7/h1-3,7H,5-6H2. The minimum atomic E-state index is -0.354. The number of benzene rings is 1. The molecule has 3 nitrogen and oxygen atoms in total. The number of nitro benzene ring substituents is 1. The van der Waals surface area contributed by atoms with Crippen molar-refractivity contribution >= 4 is 5.69 Å². The summed E-state index contributed by atoms with van der Waals surface area (Å²) in [7, 11) is 0. The van der Waals surface area contributed by atoms with E-state index in [1.807, 2.05) is 6.07 Å². The highest BCUT2D eigenvalue weighted by atomic mass is 16.6. The van der Waals surface area contributed by atoms with Gasteiger partial charge in [-0.25, -0.2) is 0 Å². The van der Waals surface area contributed by atoms with E-state index in [9.17, 15) is 10.1 Å². The quantitative estimate of drug-likeness (QED) is 0.494. The molecule has 1 aliphatic rings. The Morgan fingerprint density at radius 1 is 1.58 bits per heavy atom. The van der Waals surface area contributed by atoms with Crippen LogP contribution in [0, 0.1) is 16.2 Å². The van der Waals surface area contributed by atoms with Crippen LogP contribution < -0.4 is 0 Å². The number of nitro groups is 1. The van der Waals surface area contributed by atoms with Crippen molar-refractivity contribution < 1.29 is 4.92 Å². The van der Waals surface area contributed by atoms with Crippen LogP contribution in [0.4, 0.5) is 5.69 Å². The molecule has 1 aromatic rings. The summed E-state index contributed by atoms with van der Waals surface area (Å²) < 4.78 is 0. The van der Waals surface area contributed by atoms with Gasteiger partial charge in [0.1, 0.15) is 0 Å². The van der Waals surface area contributed by atoms with E-state index in [4.69, 9.17) is 0 Å². The number of rotatable bonds is 2. The molecule has 1 radical (unpaired) electrons. The van der Waals surface area contributed by atoms with E-state index in [1.54, 1.807) is 12.1 Å². The van der Waals surface area contributed by atoms with E-state index < -0.39 is 0 Å². The van der Waals surface area contributed by atoms with Gasteiger partial charge in [0.2, 0.25) is 0 Å². The molecular weight excluding hydrogens is 154 g/mol. The maximum atomic E-state index is 10.5. The molecule has 0 aliphatic heterocycles. The van der Waals surface area contributed by atoms with Gasteiger partial charge in [0.15, 0.2) is 0 Å². The normalized spacial score (nSPS) is 16.0. The summed E-state index contributed by atoms with van der Waals surface area (Å²) in [5, 5.41) is 10.5. The van der Waals surface area contributed by atoms with Crippen LogP contribution >= 0.6 is 0 Å². The Morgan fingerprint density at radius 2 is 2.33 bits per heavy atom. The summed E-state index contributed by atoms with van der Waals surface area (Å²) in [4.78, 5) is 10.2. The van der Waals surface area contributed by atoms with E-state index in [-0.39, 0.29) is 10.6 Å². The van der Waals surface area contributed by atoms with Crippen molar-refractivity contribution in [3.05, 3.63) is 39.9 Å². The van der Waals surface area contributed by atoms with Crippen molar-refractivity contribution in [2.45, 2.75) is 18.8 Å². The van der Waals surface area contributed by atoms with E-state index in [0.29, 0.717) is 5.92 Å². The molecule has 0 spiro atoms. The zero-order valence-electron chi connectivity index (χ0n) is 6.49. The summed E-state index contributed by atoms with van der Waals surface area (Å²) in [5.41, 5.74) is 1.00. The fourth-order valence-corrected chi connectivity index (χ4v) is 1.32. The third-order valence-electron chi connectivity index (χ3n) is 2.07. The summed E-state index contributed by atoms with van der Waals surface area (Å²) in [5.74, 6) is 0.419. The van der Waals surface area contributed by atoms with Gasteiger partial charge >= 0.3 is 0 Å². The van der Waals surface area contributed by atoms with Crippen LogP contribution in [0.15, 0.2) is 18.2 Å². The molecule has 1 aliphatic carbocycles. The predicted molar refractivity (Wildman–Crippen MR) is 43.9 cm³/mol. The van der Waals surface area contributed by atoms with E-state index >= 15 is 0 Å². The first kappa shape index (κ1) is 7.28. The molecule has 61 valence electrons. The van der Waals surface area contributed by atoms with Gasteiger partial charge in [-0.1, -0.05) is 12.1 Å².